The largest absolute Gasteiger partial charge is 2.00 e. The number of rotatable bonds is 12. The summed E-state index contributed by atoms with van der Waals surface area (Å²) in [4.78, 5) is 93.3. The van der Waals surface area contributed by atoms with Gasteiger partial charge in [-0.15, -0.1) is 0 Å². The number of carbonyl (C=O) groups excluding carboxylic acids is 4. The minimum Gasteiger partial charge on any atom is -0.628 e. The van der Waals surface area contributed by atoms with E-state index in [1.807, 2.05) is 121 Å². The summed E-state index contributed by atoms with van der Waals surface area (Å²) in [5.74, 6) is 2.21. The van der Waals surface area contributed by atoms with Crippen molar-refractivity contribution < 1.29 is 43.0 Å². The molecule has 16 bridgehead atoms. The second kappa shape index (κ2) is 30.2. The summed E-state index contributed by atoms with van der Waals surface area (Å²) in [5.41, 5.74) is 9.38. The minimum absolute atomic E-state index is 0. The molecule has 0 radical (unpaired) electrons. The smallest absolute Gasteiger partial charge is 0.628 e. The maximum Gasteiger partial charge on any atom is 2.00 e. The van der Waals surface area contributed by atoms with E-state index in [-0.39, 0.29) is 23.1 Å². The standard InChI is InChI=1S/C72H44N4O8.2C6H12N4.Mg/c77-69(49-13-5-1-6-14-49)81-53-29-21-45(22-30-53)65-57-37-39-59(73-57)66(46-23-31-54(32-24-46)82-70(78)50-15-7-2-8-16-50)61-41-43-63(75-61)68(48-27-35-56(36-28-48)84-72(80)52-19-11-4-12-20-52)64-44-42-62(76-64)67(60-40-38-58(65)74-60)47-25-33-55(34-26-47)83-71(79)51-17-9-3-10-18-51;2*1-7-2-9-4-8(1)5-10(3-7)6-9;/h1-44H;2*1-6H2;/q;;;+2/p+1. The van der Waals surface area contributed by atoms with Crippen LogP contribution in [0.15, 0.2) is 267 Å². The van der Waals surface area contributed by atoms with Crippen LogP contribution < -0.4 is 43.8 Å². The summed E-state index contributed by atoms with van der Waals surface area (Å²) >= 11 is 0. The summed E-state index contributed by atoms with van der Waals surface area (Å²) in [6, 6.07) is 79.6. The van der Waals surface area contributed by atoms with Crippen molar-refractivity contribution in [2.45, 2.75) is 0 Å². The molecule has 12 aromatic rings. The first-order valence-electron chi connectivity index (χ1n) is 34.5. The van der Waals surface area contributed by atoms with Gasteiger partial charge in [0.1, 0.15) is 43.0 Å². The SMILES string of the molecule is C1N2CN3CN1CN(C2)C3.C1N2CN3CN1C[NH+](C2)C3.O=C(Oc1ccc([C+]2c3ccc([n-]3)[C+](c3ccc(OC(=O)c4ccccc4)cc3)c3ccc([n-]3)[C+](c3ccc(OC(=O)c4ccccc4)cc3)c3ccc([n-]3)[C+](c3ccc(OC(=O)c4ccccc4)cc3)c3ccc2[n-]3)cc1)c1ccccc1.[Mg+2]. The molecular weight excluding hydrogens is 1330 g/mol. The molecule has 0 aliphatic carbocycles. The van der Waals surface area contributed by atoms with E-state index in [9.17, 15) is 19.2 Å². The van der Waals surface area contributed by atoms with Crippen LogP contribution >= 0.6 is 0 Å². The summed E-state index contributed by atoms with van der Waals surface area (Å²) in [7, 11) is 0. The maximum absolute atomic E-state index is 13.2. The number of esters is 4. The fourth-order valence-electron chi connectivity index (χ4n) is 14.6. The molecule has 9 aliphatic heterocycles. The van der Waals surface area contributed by atoms with Gasteiger partial charge in [-0.25, -0.2) is 33.9 Å². The number of hydrogen-bond donors (Lipinski definition) is 1. The van der Waals surface area contributed by atoms with Gasteiger partial charge < -0.3 is 38.9 Å². The third-order valence-electron chi connectivity index (χ3n) is 19.0. The van der Waals surface area contributed by atoms with E-state index >= 15 is 0 Å². The second-order valence-electron chi connectivity index (χ2n) is 26.7. The Balaban J connectivity index is 0.000000341. The molecule has 21 rings (SSSR count). The van der Waals surface area contributed by atoms with Crippen molar-refractivity contribution in [3.05, 3.63) is 381 Å². The molecule has 105 heavy (non-hydrogen) atoms. The third kappa shape index (κ3) is 15.1. The number of quaternary nitrogens is 1. The van der Waals surface area contributed by atoms with Crippen LogP contribution in [-0.4, -0.2) is 161 Å². The van der Waals surface area contributed by atoms with Gasteiger partial charge in [0.2, 0.25) is 0 Å². The van der Waals surface area contributed by atoms with Crippen LogP contribution in [0, 0.1) is 23.7 Å². The topological polar surface area (TPSA) is 189 Å². The van der Waals surface area contributed by atoms with E-state index in [4.69, 9.17) is 38.9 Å². The monoisotopic (exact) mass is 1400 g/mol. The van der Waals surface area contributed by atoms with Crippen LogP contribution in [0.4, 0.5) is 0 Å². The predicted molar refractivity (Wildman–Crippen MR) is 391 cm³/mol. The van der Waals surface area contributed by atoms with E-state index in [1.165, 1.54) is 80.0 Å². The van der Waals surface area contributed by atoms with Crippen molar-refractivity contribution in [1.29, 1.82) is 0 Å². The molecule has 4 aromatic heterocycles. The number of benzene rings is 8. The van der Waals surface area contributed by atoms with Crippen molar-refractivity contribution >= 4 is 46.9 Å². The quantitative estimate of drug-likeness (QED) is 0.0528. The normalized spacial score (nSPS) is 20.5. The molecule has 0 atom stereocenters. The Bertz CT molecular complexity index is 4220. The van der Waals surface area contributed by atoms with E-state index in [2.05, 4.69) is 34.3 Å². The van der Waals surface area contributed by atoms with Gasteiger partial charge in [-0.05, 0) is 94.1 Å². The van der Waals surface area contributed by atoms with Gasteiger partial charge in [-0.3, -0.25) is 24.5 Å². The number of fused-ring (bicyclic) bond motifs is 8. The number of nitrogens with one attached hydrogen (secondary N) is 1. The molecule has 0 saturated carbocycles. The summed E-state index contributed by atoms with van der Waals surface area (Å²) in [6.07, 6.45) is 0. The predicted octanol–water partition coefficient (Wildman–Crippen LogP) is 8.94. The molecule has 0 amide bonds. The van der Waals surface area contributed by atoms with E-state index in [0.29, 0.717) is 114 Å². The van der Waals surface area contributed by atoms with Gasteiger partial charge in [-0.2, -0.15) is 0 Å². The van der Waals surface area contributed by atoms with Gasteiger partial charge >= 0.3 is 46.9 Å². The van der Waals surface area contributed by atoms with Gasteiger partial charge in [0.05, 0.1) is 105 Å². The summed E-state index contributed by atoms with van der Waals surface area (Å²) in [6.45, 7) is 14.6. The zero-order valence-corrected chi connectivity index (χ0v) is 58.7. The van der Waals surface area contributed by atoms with Gasteiger partial charge in [0.15, 0.2) is 0 Å². The average molecular weight is 1400 g/mol. The summed E-state index contributed by atoms with van der Waals surface area (Å²) < 4.78 is 23.2. The van der Waals surface area contributed by atoms with Gasteiger partial charge in [0, 0.05) is 169 Å². The van der Waals surface area contributed by atoms with E-state index in [1.54, 1.807) is 150 Å². The Labute approximate surface area is 624 Å². The van der Waals surface area contributed by atoms with Crippen molar-refractivity contribution in [3.63, 3.8) is 0 Å². The van der Waals surface area contributed by atoms with Gasteiger partial charge in [0.25, 0.3) is 0 Å². The molecule has 8 saturated heterocycles. The molecule has 8 fully saturated rings. The van der Waals surface area contributed by atoms with Crippen LogP contribution in [0.25, 0.3) is 0 Å². The molecule has 512 valence electrons. The molecule has 21 heteroatoms. The molecule has 0 spiro atoms. The second-order valence-corrected chi connectivity index (χ2v) is 26.7. The van der Waals surface area contributed by atoms with Crippen molar-refractivity contribution in [3.8, 4) is 23.0 Å². The molecule has 20 nitrogen and oxygen atoms in total. The maximum atomic E-state index is 13.2. The Hall–Kier alpha value is -11.3. The summed E-state index contributed by atoms with van der Waals surface area (Å²) in [5, 5.41) is 0. The Morgan fingerprint density at radius 3 is 0.610 bits per heavy atom. The first-order chi connectivity index (χ1) is 51.0. The molecule has 1 N–H and O–H groups in total. The molecular formula is C84H69MgN12O8+3. The first kappa shape index (κ1) is 68.1. The fourth-order valence-corrected chi connectivity index (χ4v) is 14.6. The molecule has 9 aliphatic rings. The third-order valence-corrected chi connectivity index (χ3v) is 19.0. The number of ether oxygens (including phenoxy) is 4. The van der Waals surface area contributed by atoms with Gasteiger partial charge in [-0.1, -0.05) is 72.8 Å². The number of hydrogen-bond acceptors (Lipinski definition) is 15. The van der Waals surface area contributed by atoms with Crippen LogP contribution in [0.2, 0.25) is 0 Å². The van der Waals surface area contributed by atoms with E-state index in [0.717, 1.165) is 22.3 Å². The van der Waals surface area contributed by atoms with Crippen LogP contribution in [0.1, 0.15) is 109 Å². The van der Waals surface area contributed by atoms with Crippen LogP contribution in [0.3, 0.4) is 0 Å². The Morgan fingerprint density at radius 2 is 0.429 bits per heavy atom. The van der Waals surface area contributed by atoms with Crippen molar-refractivity contribution in [2.24, 2.45) is 0 Å². The Morgan fingerprint density at radius 1 is 0.248 bits per heavy atom. The van der Waals surface area contributed by atoms with Crippen LogP contribution in [0.5, 0.6) is 23.0 Å². The zero-order chi connectivity index (χ0) is 70.0. The van der Waals surface area contributed by atoms with E-state index < -0.39 is 23.9 Å². The van der Waals surface area contributed by atoms with Crippen molar-refractivity contribution in [1.82, 2.24) is 54.2 Å². The molecule has 8 aromatic carbocycles. The van der Waals surface area contributed by atoms with Crippen molar-refractivity contribution in [2.75, 3.05) is 80.0 Å². The number of nitrogens with zero attached hydrogens (tertiary/aromatic N) is 11. The molecule has 13 heterocycles. The Kier molecular flexibility index (Phi) is 19.6. The fraction of sp³-hybridized carbons (Fsp3) is 0.143. The zero-order valence-electron chi connectivity index (χ0n) is 57.3. The molecule has 0 unspecified atom stereocenters. The van der Waals surface area contributed by atoms with Crippen LogP contribution in [-0.2, 0) is 0 Å². The minimum atomic E-state index is -0.487. The first-order valence-corrected chi connectivity index (χ1v) is 34.5. The number of aromatic nitrogens is 4. The average Bonchev–Trinajstić information content (AvgIpc) is 1.67. The number of carbonyl (C=O) groups is 4.